The van der Waals surface area contributed by atoms with E-state index in [-0.39, 0.29) is 6.03 Å². The number of hydrogen-bond donors (Lipinski definition) is 2. The van der Waals surface area contributed by atoms with Crippen LogP contribution in [-0.2, 0) is 0 Å². The van der Waals surface area contributed by atoms with Gasteiger partial charge in [-0.3, -0.25) is 0 Å². The number of urea groups is 1. The summed E-state index contributed by atoms with van der Waals surface area (Å²) in [4.78, 5) is 10.9. The Balaban J connectivity index is 3.41. The van der Waals surface area contributed by atoms with Crippen molar-refractivity contribution in [1.29, 1.82) is 0 Å². The van der Waals surface area contributed by atoms with Gasteiger partial charge in [-0.15, -0.1) is 11.6 Å². The van der Waals surface area contributed by atoms with Gasteiger partial charge in [-0.25, -0.2) is 4.79 Å². The SMILES string of the molecule is CC(C)=CNC(=O)NCCCCl. The van der Waals surface area contributed by atoms with Gasteiger partial charge < -0.3 is 10.6 Å². The summed E-state index contributed by atoms with van der Waals surface area (Å²) >= 11 is 5.43. The molecule has 0 saturated carbocycles. The monoisotopic (exact) mass is 190 g/mol. The maximum Gasteiger partial charge on any atom is 0.318 e. The number of rotatable bonds is 4. The quantitative estimate of drug-likeness (QED) is 0.516. The van der Waals surface area contributed by atoms with Crippen LogP contribution in [0, 0.1) is 0 Å². The number of carbonyl (C=O) groups excluding carboxylic acids is 1. The molecule has 0 aromatic carbocycles. The topological polar surface area (TPSA) is 41.1 Å². The smallest absolute Gasteiger partial charge is 0.318 e. The summed E-state index contributed by atoms with van der Waals surface area (Å²) in [6.07, 6.45) is 2.46. The molecule has 70 valence electrons. The van der Waals surface area contributed by atoms with E-state index in [9.17, 15) is 4.79 Å². The van der Waals surface area contributed by atoms with E-state index in [1.165, 1.54) is 0 Å². The lowest BCUT2D eigenvalue weighted by Crippen LogP contribution is -2.33. The second-order valence-electron chi connectivity index (χ2n) is 2.66. The van der Waals surface area contributed by atoms with Crippen molar-refractivity contribution < 1.29 is 4.79 Å². The van der Waals surface area contributed by atoms with Gasteiger partial charge in [0.25, 0.3) is 0 Å². The van der Waals surface area contributed by atoms with Crippen LogP contribution >= 0.6 is 11.6 Å². The van der Waals surface area contributed by atoms with Crippen LogP contribution in [0.1, 0.15) is 20.3 Å². The highest BCUT2D eigenvalue weighted by atomic mass is 35.5. The first-order valence-electron chi connectivity index (χ1n) is 3.90. The van der Waals surface area contributed by atoms with E-state index in [0.717, 1.165) is 12.0 Å². The van der Waals surface area contributed by atoms with Crippen molar-refractivity contribution in [3.8, 4) is 0 Å². The lowest BCUT2D eigenvalue weighted by atomic mass is 10.4. The van der Waals surface area contributed by atoms with Gasteiger partial charge in [0.2, 0.25) is 0 Å². The van der Waals surface area contributed by atoms with Crippen LogP contribution in [0.2, 0.25) is 0 Å². The predicted molar refractivity (Wildman–Crippen MR) is 51.3 cm³/mol. The van der Waals surface area contributed by atoms with Crippen molar-refractivity contribution in [3.05, 3.63) is 11.8 Å². The van der Waals surface area contributed by atoms with E-state index in [1.54, 1.807) is 6.20 Å². The van der Waals surface area contributed by atoms with Crippen LogP contribution in [0.4, 0.5) is 4.79 Å². The van der Waals surface area contributed by atoms with E-state index in [0.29, 0.717) is 12.4 Å². The molecule has 12 heavy (non-hydrogen) atoms. The summed E-state index contributed by atoms with van der Waals surface area (Å²) in [5.41, 5.74) is 1.06. The minimum atomic E-state index is -0.179. The summed E-state index contributed by atoms with van der Waals surface area (Å²) in [5, 5.41) is 5.25. The molecule has 0 saturated heterocycles. The van der Waals surface area contributed by atoms with E-state index < -0.39 is 0 Å². The van der Waals surface area contributed by atoms with E-state index in [1.807, 2.05) is 13.8 Å². The van der Waals surface area contributed by atoms with Crippen LogP contribution in [0.5, 0.6) is 0 Å². The Hall–Kier alpha value is -0.700. The zero-order valence-electron chi connectivity index (χ0n) is 7.48. The molecule has 0 heterocycles. The fourth-order valence-corrected chi connectivity index (χ4v) is 0.663. The number of nitrogens with one attached hydrogen (secondary N) is 2. The number of hydrogen-bond acceptors (Lipinski definition) is 1. The molecule has 0 atom stereocenters. The van der Waals surface area contributed by atoms with Gasteiger partial charge in [-0.05, 0) is 20.3 Å². The zero-order valence-corrected chi connectivity index (χ0v) is 8.24. The number of carbonyl (C=O) groups is 1. The van der Waals surface area contributed by atoms with Gasteiger partial charge in [-0.1, -0.05) is 5.57 Å². The van der Waals surface area contributed by atoms with Gasteiger partial charge in [0.15, 0.2) is 0 Å². The van der Waals surface area contributed by atoms with Crippen molar-refractivity contribution >= 4 is 17.6 Å². The Morgan fingerprint density at radius 1 is 1.50 bits per heavy atom. The van der Waals surface area contributed by atoms with Gasteiger partial charge in [0, 0.05) is 18.6 Å². The number of alkyl halides is 1. The zero-order chi connectivity index (χ0) is 9.40. The van der Waals surface area contributed by atoms with Gasteiger partial charge in [0.05, 0.1) is 0 Å². The number of amides is 2. The Morgan fingerprint density at radius 2 is 2.17 bits per heavy atom. The highest BCUT2D eigenvalue weighted by molar-refractivity contribution is 6.17. The summed E-state index contributed by atoms with van der Waals surface area (Å²) in [5.74, 6) is 0.572. The Kier molecular flexibility index (Phi) is 6.57. The van der Waals surface area contributed by atoms with Gasteiger partial charge in [-0.2, -0.15) is 0 Å². The van der Waals surface area contributed by atoms with Crippen LogP contribution < -0.4 is 10.6 Å². The first-order valence-corrected chi connectivity index (χ1v) is 4.44. The molecule has 0 unspecified atom stereocenters. The van der Waals surface area contributed by atoms with Gasteiger partial charge >= 0.3 is 6.03 Å². The Morgan fingerprint density at radius 3 is 2.67 bits per heavy atom. The second kappa shape index (κ2) is 6.98. The summed E-state index contributed by atoms with van der Waals surface area (Å²) in [6.45, 7) is 4.45. The van der Waals surface area contributed by atoms with E-state index in [4.69, 9.17) is 11.6 Å². The van der Waals surface area contributed by atoms with Crippen molar-refractivity contribution in [3.63, 3.8) is 0 Å². The number of halogens is 1. The number of allylic oxidation sites excluding steroid dienone is 1. The molecule has 2 amide bonds. The molecule has 0 aliphatic carbocycles. The van der Waals surface area contributed by atoms with Crippen molar-refractivity contribution in [2.45, 2.75) is 20.3 Å². The molecular weight excluding hydrogens is 176 g/mol. The van der Waals surface area contributed by atoms with Crippen molar-refractivity contribution in [2.75, 3.05) is 12.4 Å². The molecule has 0 fully saturated rings. The van der Waals surface area contributed by atoms with Crippen LogP contribution in [0.3, 0.4) is 0 Å². The maximum atomic E-state index is 10.9. The second-order valence-corrected chi connectivity index (χ2v) is 3.04. The Labute approximate surface area is 78.2 Å². The lowest BCUT2D eigenvalue weighted by molar-refractivity contribution is 0.244. The summed E-state index contributed by atoms with van der Waals surface area (Å²) in [7, 11) is 0. The fraction of sp³-hybridized carbons (Fsp3) is 0.625. The third-order valence-electron chi connectivity index (χ3n) is 1.09. The molecule has 0 aliphatic rings. The summed E-state index contributed by atoms with van der Waals surface area (Å²) in [6, 6.07) is -0.179. The molecule has 0 aliphatic heterocycles. The lowest BCUT2D eigenvalue weighted by Gasteiger charge is -2.02. The third kappa shape index (κ3) is 7.41. The molecule has 0 aromatic rings. The summed E-state index contributed by atoms with van der Waals surface area (Å²) < 4.78 is 0. The van der Waals surface area contributed by atoms with Crippen molar-refractivity contribution in [1.82, 2.24) is 10.6 Å². The molecular formula is C8H15ClN2O. The molecule has 2 N–H and O–H groups in total. The highest BCUT2D eigenvalue weighted by Crippen LogP contribution is 1.84. The first-order chi connectivity index (χ1) is 5.66. The minimum absolute atomic E-state index is 0.179. The molecule has 4 heteroatoms. The van der Waals surface area contributed by atoms with Crippen LogP contribution in [-0.4, -0.2) is 18.5 Å². The molecule has 0 bridgehead atoms. The standard InChI is InChI=1S/C8H15ClN2O/c1-7(2)6-11-8(12)10-5-3-4-9/h6H,3-5H2,1-2H3,(H2,10,11,12). The van der Waals surface area contributed by atoms with Crippen LogP contribution in [0.15, 0.2) is 11.8 Å². The maximum absolute atomic E-state index is 10.9. The highest BCUT2D eigenvalue weighted by Gasteiger charge is 1.94. The molecule has 0 spiro atoms. The third-order valence-corrected chi connectivity index (χ3v) is 1.36. The molecule has 0 rings (SSSR count). The normalized spacial score (nSPS) is 8.92. The average Bonchev–Trinajstić information content (AvgIpc) is 2.01. The molecule has 0 radical (unpaired) electrons. The van der Waals surface area contributed by atoms with E-state index in [2.05, 4.69) is 10.6 Å². The predicted octanol–water partition coefficient (Wildman–Crippen LogP) is 1.84. The van der Waals surface area contributed by atoms with Gasteiger partial charge in [0.1, 0.15) is 0 Å². The average molecular weight is 191 g/mol. The largest absolute Gasteiger partial charge is 0.338 e. The van der Waals surface area contributed by atoms with E-state index >= 15 is 0 Å². The minimum Gasteiger partial charge on any atom is -0.338 e. The fourth-order valence-electron chi connectivity index (χ4n) is 0.530. The van der Waals surface area contributed by atoms with Crippen LogP contribution in [0.25, 0.3) is 0 Å². The first kappa shape index (κ1) is 11.3. The molecule has 0 aromatic heterocycles. The Bertz CT molecular complexity index is 164. The molecule has 3 nitrogen and oxygen atoms in total. The van der Waals surface area contributed by atoms with Crippen molar-refractivity contribution in [2.24, 2.45) is 0 Å².